The van der Waals surface area contributed by atoms with Gasteiger partial charge in [0.1, 0.15) is 58.7 Å². The fourth-order valence-corrected chi connectivity index (χ4v) is 6.12. The van der Waals surface area contributed by atoms with Gasteiger partial charge >= 0.3 is 0 Å². The summed E-state index contributed by atoms with van der Waals surface area (Å²) in [4.78, 5) is 14.1. The van der Waals surface area contributed by atoms with Crippen LogP contribution in [0.1, 0.15) is 32.8 Å². The lowest BCUT2D eigenvalue weighted by Crippen LogP contribution is -2.62. The Morgan fingerprint density at radius 3 is 2.27 bits per heavy atom. The predicted molar refractivity (Wildman–Crippen MR) is 170 cm³/mol. The highest BCUT2D eigenvalue weighted by Crippen LogP contribution is 2.41. The standard InChI is InChI=1S/C34H42O14/c1-14(2)5-10-19-20(36)12-21(37)23-26(40)33(31(47-32(19)23)16-6-8-18(44-4)9-7-16)48-34-29(43)28(42)30(15(3)45-34)46-22-11-17(13-35)24(38)27(41)25(22)39/h5-9,12,15,17,22,24-25,27-30,34-39,41-43H,10-11,13H2,1-4H3/t15-,17+,22+,24+,25-,27-,28-,29+,30-,34-/m0/s1. The second-order valence-electron chi connectivity index (χ2n) is 12.5. The number of ether oxygens (including phenoxy) is 4. The normalized spacial score (nSPS) is 30.6. The Kier molecular flexibility index (Phi) is 10.7. The molecule has 1 aliphatic carbocycles. The number of rotatable bonds is 9. The molecule has 1 saturated carbocycles. The van der Waals surface area contributed by atoms with E-state index in [1.807, 2.05) is 19.9 Å². The van der Waals surface area contributed by atoms with Gasteiger partial charge in [-0.05, 0) is 57.9 Å². The quantitative estimate of drug-likeness (QED) is 0.149. The van der Waals surface area contributed by atoms with Crippen LogP contribution in [0.15, 0.2) is 51.2 Å². The fourth-order valence-electron chi connectivity index (χ4n) is 6.12. The molecule has 2 aromatic carbocycles. The summed E-state index contributed by atoms with van der Waals surface area (Å²) in [6.45, 7) is 4.74. The summed E-state index contributed by atoms with van der Waals surface area (Å²) >= 11 is 0. The number of aromatic hydroxyl groups is 2. The third-order valence-corrected chi connectivity index (χ3v) is 8.93. The Hall–Kier alpha value is -3.73. The molecular formula is C34H42O14. The summed E-state index contributed by atoms with van der Waals surface area (Å²) in [6, 6.07) is 7.44. The molecule has 48 heavy (non-hydrogen) atoms. The van der Waals surface area contributed by atoms with Crippen molar-refractivity contribution in [1.29, 1.82) is 0 Å². The molecule has 0 amide bonds. The molecule has 262 valence electrons. The monoisotopic (exact) mass is 674 g/mol. The number of phenolic OH excluding ortho intramolecular Hbond substituents is 2. The van der Waals surface area contributed by atoms with Gasteiger partial charge in [-0.25, -0.2) is 0 Å². The molecule has 10 atom stereocenters. The lowest BCUT2D eigenvalue weighted by Gasteiger charge is -2.45. The van der Waals surface area contributed by atoms with Crippen LogP contribution in [-0.2, 0) is 15.9 Å². The van der Waals surface area contributed by atoms with Crippen molar-refractivity contribution in [3.63, 3.8) is 0 Å². The lowest BCUT2D eigenvalue weighted by molar-refractivity contribution is -0.296. The van der Waals surface area contributed by atoms with Gasteiger partial charge in [-0.15, -0.1) is 0 Å². The first kappa shape index (κ1) is 35.6. The van der Waals surface area contributed by atoms with Crippen LogP contribution in [0.4, 0.5) is 0 Å². The van der Waals surface area contributed by atoms with E-state index in [9.17, 15) is 45.6 Å². The molecule has 3 aromatic rings. The maximum absolute atomic E-state index is 14.1. The van der Waals surface area contributed by atoms with Gasteiger partial charge < -0.3 is 64.2 Å². The highest BCUT2D eigenvalue weighted by molar-refractivity contribution is 5.91. The molecule has 0 spiro atoms. The molecule has 2 fully saturated rings. The number of allylic oxidation sites excluding steroid dienone is 2. The fraction of sp³-hybridized carbons (Fsp3) is 0.500. The zero-order valence-electron chi connectivity index (χ0n) is 26.9. The second-order valence-corrected chi connectivity index (χ2v) is 12.5. The van der Waals surface area contributed by atoms with Crippen LogP contribution in [0.3, 0.4) is 0 Å². The Morgan fingerprint density at radius 1 is 0.958 bits per heavy atom. The number of aliphatic hydroxyl groups is 6. The van der Waals surface area contributed by atoms with Crippen molar-refractivity contribution in [1.82, 2.24) is 0 Å². The van der Waals surface area contributed by atoms with Crippen LogP contribution >= 0.6 is 0 Å². The van der Waals surface area contributed by atoms with E-state index in [4.69, 9.17) is 23.4 Å². The smallest absolute Gasteiger partial charge is 0.239 e. The predicted octanol–water partition coefficient (Wildman–Crippen LogP) is 1.08. The van der Waals surface area contributed by atoms with Crippen molar-refractivity contribution >= 4 is 11.0 Å². The zero-order chi connectivity index (χ0) is 35.0. The van der Waals surface area contributed by atoms with E-state index in [1.54, 1.807) is 24.3 Å². The third-order valence-electron chi connectivity index (χ3n) is 8.93. The average molecular weight is 675 g/mol. The third kappa shape index (κ3) is 6.75. The molecule has 2 aliphatic rings. The van der Waals surface area contributed by atoms with Gasteiger partial charge in [0, 0.05) is 29.7 Å². The number of benzene rings is 2. The highest BCUT2D eigenvalue weighted by Gasteiger charge is 2.49. The van der Waals surface area contributed by atoms with E-state index in [1.165, 1.54) is 14.0 Å². The van der Waals surface area contributed by atoms with Crippen LogP contribution in [0.2, 0.25) is 0 Å². The van der Waals surface area contributed by atoms with Crippen LogP contribution in [0.25, 0.3) is 22.3 Å². The molecule has 0 unspecified atom stereocenters. The summed E-state index contributed by atoms with van der Waals surface area (Å²) < 4.78 is 29.2. The molecule has 1 saturated heterocycles. The van der Waals surface area contributed by atoms with Crippen molar-refractivity contribution in [3.05, 3.63) is 57.8 Å². The van der Waals surface area contributed by atoms with Crippen molar-refractivity contribution < 1.29 is 64.2 Å². The van der Waals surface area contributed by atoms with Gasteiger partial charge in [0.25, 0.3) is 0 Å². The van der Waals surface area contributed by atoms with Crippen molar-refractivity contribution in [2.45, 2.75) is 88.7 Å². The number of hydrogen-bond acceptors (Lipinski definition) is 14. The number of aliphatic hydroxyl groups excluding tert-OH is 6. The molecule has 0 radical (unpaired) electrons. The minimum atomic E-state index is -1.82. The van der Waals surface area contributed by atoms with Gasteiger partial charge in [0.2, 0.25) is 17.5 Å². The highest BCUT2D eigenvalue weighted by atomic mass is 16.7. The summed E-state index contributed by atoms with van der Waals surface area (Å²) in [5.41, 5.74) is 0.589. The minimum absolute atomic E-state index is 0.0557. The largest absolute Gasteiger partial charge is 0.507 e. The first-order valence-corrected chi connectivity index (χ1v) is 15.6. The number of fused-ring (bicyclic) bond motifs is 1. The van der Waals surface area contributed by atoms with Gasteiger partial charge in [0.05, 0.1) is 25.4 Å². The first-order valence-electron chi connectivity index (χ1n) is 15.6. The lowest BCUT2D eigenvalue weighted by atomic mass is 9.81. The van der Waals surface area contributed by atoms with Crippen LogP contribution in [0.5, 0.6) is 23.0 Å². The van der Waals surface area contributed by atoms with Crippen molar-refractivity contribution in [2.75, 3.05) is 13.7 Å². The van der Waals surface area contributed by atoms with E-state index >= 15 is 0 Å². The van der Waals surface area contributed by atoms with Crippen LogP contribution < -0.4 is 14.9 Å². The van der Waals surface area contributed by atoms with Crippen molar-refractivity contribution in [3.8, 4) is 34.3 Å². The maximum Gasteiger partial charge on any atom is 0.239 e. The summed E-state index contributed by atoms with van der Waals surface area (Å²) in [6.07, 6.45) is -11.2. The van der Waals surface area contributed by atoms with E-state index in [0.29, 0.717) is 11.3 Å². The van der Waals surface area contributed by atoms with Crippen LogP contribution in [0, 0.1) is 5.92 Å². The number of hydrogen-bond donors (Lipinski definition) is 8. The van der Waals surface area contributed by atoms with Gasteiger partial charge in [-0.3, -0.25) is 4.79 Å². The molecule has 0 bridgehead atoms. The molecule has 14 nitrogen and oxygen atoms in total. The van der Waals surface area contributed by atoms with E-state index in [0.717, 1.165) is 11.6 Å². The topological polar surface area (TPSA) is 229 Å². The molecular weight excluding hydrogens is 632 g/mol. The van der Waals surface area contributed by atoms with Gasteiger partial charge in [0.15, 0.2) is 5.76 Å². The van der Waals surface area contributed by atoms with E-state index < -0.39 is 84.6 Å². The van der Waals surface area contributed by atoms with E-state index in [2.05, 4.69) is 0 Å². The Balaban J connectivity index is 1.52. The Morgan fingerprint density at radius 2 is 1.65 bits per heavy atom. The minimum Gasteiger partial charge on any atom is -0.507 e. The molecule has 1 aromatic heterocycles. The molecule has 1 aliphatic heterocycles. The molecule has 5 rings (SSSR count). The van der Waals surface area contributed by atoms with Crippen molar-refractivity contribution in [2.24, 2.45) is 5.92 Å². The van der Waals surface area contributed by atoms with Gasteiger partial charge in [-0.2, -0.15) is 0 Å². The molecule has 2 heterocycles. The maximum atomic E-state index is 14.1. The van der Waals surface area contributed by atoms with Crippen LogP contribution in [-0.4, -0.2) is 110 Å². The van der Waals surface area contributed by atoms with Gasteiger partial charge in [-0.1, -0.05) is 11.6 Å². The summed E-state index contributed by atoms with van der Waals surface area (Å²) in [5.74, 6) is -1.75. The molecule has 14 heteroatoms. The SMILES string of the molecule is COc1ccc(-c2oc3c(CC=C(C)C)c(O)cc(O)c3c(=O)c2O[C@@H]2O[C@@H](C)[C@H](O[C@@H]3C[C@H](CO)[C@@H](O)[C@H](O)[C@H]3O)[C@@H](O)[C@H]2O)cc1. The second kappa shape index (κ2) is 14.4. The summed E-state index contributed by atoms with van der Waals surface area (Å²) in [7, 11) is 1.48. The summed E-state index contributed by atoms with van der Waals surface area (Å²) in [5, 5.41) is 84.1. The average Bonchev–Trinajstić information content (AvgIpc) is 3.05. The Bertz CT molecular complexity index is 1680. The Labute approximate surface area is 275 Å². The zero-order valence-corrected chi connectivity index (χ0v) is 26.9. The number of phenols is 2. The van der Waals surface area contributed by atoms with E-state index in [-0.39, 0.29) is 40.9 Å². The number of methoxy groups -OCH3 is 1. The first-order chi connectivity index (χ1) is 22.8. The molecule has 8 N–H and O–H groups in total.